The molecule has 0 aliphatic carbocycles. The number of hydrogen-bond donors (Lipinski definition) is 2. The fourth-order valence-corrected chi connectivity index (χ4v) is 8.99. The maximum absolute atomic E-state index is 13.4. The molecule has 0 aromatic heterocycles. The number of rotatable bonds is 17. The first-order valence-corrected chi connectivity index (χ1v) is 21.9. The monoisotopic (exact) mass is 880 g/mol. The van der Waals surface area contributed by atoms with E-state index in [1.54, 1.807) is 12.1 Å². The van der Waals surface area contributed by atoms with Gasteiger partial charge in [-0.3, -0.25) is 24.7 Å². The van der Waals surface area contributed by atoms with Crippen LogP contribution in [0.2, 0.25) is 5.02 Å². The Bertz CT molecular complexity index is 2350. The SMILES string of the molecule is CN(CC[C@H](CSc1ccccc1)Nc1ccc(S(=O)(=O)NC(=O)c2ccc(N3CCN(Cc4ccccc4-c4ccc(Cl)cc4)CC3)cc2)cc1[N+](=O)[O-])CC(F)(F)F. The molecule has 5 aromatic carbocycles. The van der Waals surface area contributed by atoms with E-state index in [1.165, 1.54) is 42.6 Å². The van der Waals surface area contributed by atoms with Crippen LogP contribution >= 0.6 is 23.4 Å². The van der Waals surface area contributed by atoms with Crippen molar-refractivity contribution in [3.05, 3.63) is 148 Å². The van der Waals surface area contributed by atoms with Crippen molar-refractivity contribution < 1.29 is 31.3 Å². The van der Waals surface area contributed by atoms with Gasteiger partial charge < -0.3 is 10.2 Å². The zero-order valence-corrected chi connectivity index (χ0v) is 35.0. The molecule has 60 heavy (non-hydrogen) atoms. The van der Waals surface area contributed by atoms with Crippen molar-refractivity contribution in [3.63, 3.8) is 0 Å². The number of nitro benzene ring substituents is 1. The number of nitrogens with zero attached hydrogens (tertiary/aromatic N) is 4. The van der Waals surface area contributed by atoms with Gasteiger partial charge in [-0.25, -0.2) is 13.1 Å². The van der Waals surface area contributed by atoms with Gasteiger partial charge in [-0.2, -0.15) is 13.2 Å². The van der Waals surface area contributed by atoms with Crippen LogP contribution in [-0.4, -0.2) is 93.3 Å². The number of anilines is 2. The van der Waals surface area contributed by atoms with E-state index in [0.29, 0.717) is 10.8 Å². The Hall–Kier alpha value is -5.13. The first-order chi connectivity index (χ1) is 28.6. The minimum atomic E-state index is -4.55. The van der Waals surface area contributed by atoms with E-state index in [9.17, 15) is 36.5 Å². The predicted octanol–water partition coefficient (Wildman–Crippen LogP) is 8.81. The molecule has 5 aromatic rings. The molecule has 1 heterocycles. The van der Waals surface area contributed by atoms with Gasteiger partial charge in [-0.1, -0.05) is 66.2 Å². The van der Waals surface area contributed by atoms with E-state index in [4.69, 9.17) is 11.6 Å². The molecule has 1 aliphatic rings. The highest BCUT2D eigenvalue weighted by molar-refractivity contribution is 7.99. The topological polar surface area (TPSA) is 128 Å². The minimum Gasteiger partial charge on any atom is -0.376 e. The number of benzene rings is 5. The lowest BCUT2D eigenvalue weighted by Crippen LogP contribution is -2.46. The molecule has 6 rings (SSSR count). The third-order valence-corrected chi connectivity index (χ3v) is 12.8. The van der Waals surface area contributed by atoms with Crippen molar-refractivity contribution >= 4 is 56.4 Å². The molecule has 11 nitrogen and oxygen atoms in total. The van der Waals surface area contributed by atoms with Crippen LogP contribution < -0.4 is 14.9 Å². The Kier molecular flexibility index (Phi) is 14.8. The lowest BCUT2D eigenvalue weighted by atomic mass is 9.99. The Morgan fingerprint density at radius 1 is 0.917 bits per heavy atom. The van der Waals surface area contributed by atoms with Gasteiger partial charge in [0.25, 0.3) is 21.6 Å². The quantitative estimate of drug-likeness (QED) is 0.0532. The van der Waals surface area contributed by atoms with Crippen LogP contribution in [0.25, 0.3) is 11.1 Å². The Labute approximate surface area is 356 Å². The summed E-state index contributed by atoms with van der Waals surface area (Å²) >= 11 is 7.53. The molecule has 0 unspecified atom stereocenters. The number of hydrogen-bond acceptors (Lipinski definition) is 10. The molecule has 0 saturated carbocycles. The van der Waals surface area contributed by atoms with E-state index in [1.807, 2.05) is 71.5 Å². The molecule has 1 atom stereocenters. The first-order valence-electron chi connectivity index (χ1n) is 19.1. The van der Waals surface area contributed by atoms with E-state index >= 15 is 0 Å². The number of halogens is 4. The minimum absolute atomic E-state index is 0.0124. The van der Waals surface area contributed by atoms with Gasteiger partial charge in [0.15, 0.2) is 0 Å². The molecular weight excluding hydrogens is 837 g/mol. The number of alkyl halides is 3. The lowest BCUT2D eigenvalue weighted by Gasteiger charge is -2.36. The normalized spacial score (nSPS) is 14.2. The molecule has 17 heteroatoms. The molecule has 0 spiro atoms. The van der Waals surface area contributed by atoms with Crippen molar-refractivity contribution in [3.8, 4) is 11.1 Å². The van der Waals surface area contributed by atoms with Crippen molar-refractivity contribution in [1.82, 2.24) is 14.5 Å². The molecule has 1 fully saturated rings. The van der Waals surface area contributed by atoms with Crippen LogP contribution in [0.4, 0.5) is 30.2 Å². The van der Waals surface area contributed by atoms with E-state index in [2.05, 4.69) is 27.2 Å². The number of sulfonamides is 1. The third kappa shape index (κ3) is 12.5. The summed E-state index contributed by atoms with van der Waals surface area (Å²) in [6.07, 6.45) is -4.18. The van der Waals surface area contributed by atoms with Crippen molar-refractivity contribution in [2.24, 2.45) is 0 Å². The molecule has 1 amide bonds. The Morgan fingerprint density at radius 3 is 2.25 bits per heavy atom. The summed E-state index contributed by atoms with van der Waals surface area (Å²) in [5.41, 5.74) is 3.85. The summed E-state index contributed by atoms with van der Waals surface area (Å²) in [6.45, 7) is 2.81. The summed E-state index contributed by atoms with van der Waals surface area (Å²) in [7, 11) is -3.21. The van der Waals surface area contributed by atoms with Gasteiger partial charge in [0.1, 0.15) is 5.69 Å². The smallest absolute Gasteiger partial charge is 0.376 e. The number of amides is 1. The van der Waals surface area contributed by atoms with Gasteiger partial charge in [0.2, 0.25) is 0 Å². The zero-order chi connectivity index (χ0) is 42.9. The number of nitro groups is 1. The van der Waals surface area contributed by atoms with Gasteiger partial charge >= 0.3 is 6.18 Å². The van der Waals surface area contributed by atoms with Gasteiger partial charge in [0, 0.05) is 78.3 Å². The summed E-state index contributed by atoms with van der Waals surface area (Å²) < 4.78 is 67.7. The molecule has 0 bridgehead atoms. The highest BCUT2D eigenvalue weighted by atomic mass is 35.5. The number of piperazine rings is 1. The van der Waals surface area contributed by atoms with Crippen molar-refractivity contribution in [1.29, 1.82) is 0 Å². The second-order valence-electron chi connectivity index (χ2n) is 14.5. The number of carbonyl (C=O) groups excluding carboxylic acids is 1. The largest absolute Gasteiger partial charge is 0.401 e. The summed E-state index contributed by atoms with van der Waals surface area (Å²) in [6, 6.07) is 34.6. The summed E-state index contributed by atoms with van der Waals surface area (Å²) in [5, 5.41) is 15.9. The second kappa shape index (κ2) is 20.0. The molecule has 0 radical (unpaired) electrons. The second-order valence-corrected chi connectivity index (χ2v) is 17.7. The van der Waals surface area contributed by atoms with E-state index in [0.717, 1.165) is 71.5 Å². The highest BCUT2D eigenvalue weighted by Crippen LogP contribution is 2.31. The predicted molar refractivity (Wildman–Crippen MR) is 231 cm³/mol. The van der Waals surface area contributed by atoms with Crippen LogP contribution in [0, 0.1) is 10.1 Å². The molecule has 1 saturated heterocycles. The average molecular weight is 881 g/mol. The van der Waals surface area contributed by atoms with Crippen LogP contribution in [0.3, 0.4) is 0 Å². The van der Waals surface area contributed by atoms with Crippen LogP contribution in [-0.2, 0) is 16.6 Å². The third-order valence-electron chi connectivity index (χ3n) is 10.00. The Morgan fingerprint density at radius 2 is 1.58 bits per heavy atom. The Balaban J connectivity index is 1.07. The van der Waals surface area contributed by atoms with E-state index in [-0.39, 0.29) is 24.2 Å². The molecule has 316 valence electrons. The molecule has 1 aliphatic heterocycles. The molecule has 2 N–H and O–H groups in total. The lowest BCUT2D eigenvalue weighted by molar-refractivity contribution is -0.384. The molecular formula is C43H44ClF3N6O5S2. The van der Waals surface area contributed by atoms with Crippen LogP contribution in [0.5, 0.6) is 0 Å². The number of nitrogens with one attached hydrogen (secondary N) is 2. The summed E-state index contributed by atoms with van der Waals surface area (Å²) in [5.74, 6) is -0.552. The first kappa shape index (κ1) is 44.4. The van der Waals surface area contributed by atoms with Gasteiger partial charge in [-0.15, -0.1) is 11.8 Å². The number of thioether (sulfide) groups is 1. The van der Waals surface area contributed by atoms with Gasteiger partial charge in [-0.05, 0) is 90.8 Å². The van der Waals surface area contributed by atoms with Crippen molar-refractivity contribution in [2.75, 3.05) is 62.3 Å². The maximum atomic E-state index is 13.4. The fourth-order valence-electron chi connectivity index (χ4n) is 6.88. The maximum Gasteiger partial charge on any atom is 0.401 e. The fraction of sp³-hybridized carbons (Fsp3) is 0.279. The zero-order valence-electron chi connectivity index (χ0n) is 32.6. The van der Waals surface area contributed by atoms with Gasteiger partial charge in [0.05, 0.1) is 16.4 Å². The van der Waals surface area contributed by atoms with Crippen LogP contribution in [0.15, 0.2) is 131 Å². The highest BCUT2D eigenvalue weighted by Gasteiger charge is 2.30. The van der Waals surface area contributed by atoms with Crippen molar-refractivity contribution in [2.45, 2.75) is 35.0 Å². The standard InChI is InChI=1S/C43H44ClF3N6O5S2/c1-50(30-43(45,46)47)22-21-35(29-59-37-8-3-2-4-9-37)48-40-20-19-38(27-41(40)53(55)56)60(57,58)49-42(54)32-13-17-36(18-14-32)52-25-23-51(24-26-52)28-33-7-5-6-10-39(33)31-11-15-34(44)16-12-31/h2-20,27,35,48H,21-26,28-30H2,1H3,(H,49,54)/t35-/m1/s1. The summed E-state index contributed by atoms with van der Waals surface area (Å²) in [4.78, 5) is 30.7. The van der Waals surface area contributed by atoms with E-state index < -0.39 is 50.2 Å². The number of carbonyl (C=O) groups is 1. The van der Waals surface area contributed by atoms with Crippen LogP contribution in [0.1, 0.15) is 22.3 Å². The average Bonchev–Trinajstić information content (AvgIpc) is 3.22.